The van der Waals surface area contributed by atoms with Crippen LogP contribution in [0.4, 0.5) is 0 Å². The van der Waals surface area contributed by atoms with Crippen LogP contribution in [0.2, 0.25) is 0 Å². The summed E-state index contributed by atoms with van der Waals surface area (Å²) in [5.74, 6) is 0.887. The number of amidine groups is 1. The summed E-state index contributed by atoms with van der Waals surface area (Å²) in [6.07, 6.45) is 1.44. The molecule has 2 N–H and O–H groups in total. The number of fused-ring (bicyclic) bond motifs is 3. The van der Waals surface area contributed by atoms with E-state index in [1.165, 1.54) is 0 Å². The van der Waals surface area contributed by atoms with E-state index < -0.39 is 17.2 Å². The van der Waals surface area contributed by atoms with E-state index in [0.717, 1.165) is 17.2 Å². The number of rotatable bonds is 3. The lowest BCUT2D eigenvalue weighted by Crippen LogP contribution is -2.39. The molecular formula is C21H19N5O5. The van der Waals surface area contributed by atoms with E-state index in [1.54, 1.807) is 14.2 Å². The van der Waals surface area contributed by atoms with Gasteiger partial charge in [0.15, 0.2) is 11.5 Å². The van der Waals surface area contributed by atoms with Crippen molar-refractivity contribution in [2.24, 2.45) is 4.99 Å². The zero-order valence-electron chi connectivity index (χ0n) is 16.9. The van der Waals surface area contributed by atoms with Crippen molar-refractivity contribution < 1.29 is 14.3 Å². The Bertz CT molecular complexity index is 1270. The van der Waals surface area contributed by atoms with Crippen LogP contribution in [0.25, 0.3) is 5.70 Å². The normalized spacial score (nSPS) is 16.4. The lowest BCUT2D eigenvalue weighted by molar-refractivity contribution is 0.0996. The van der Waals surface area contributed by atoms with Gasteiger partial charge < -0.3 is 19.4 Å². The van der Waals surface area contributed by atoms with Gasteiger partial charge in [0.25, 0.3) is 11.5 Å². The van der Waals surface area contributed by atoms with E-state index >= 15 is 0 Å². The first-order chi connectivity index (χ1) is 14.9. The minimum Gasteiger partial charge on any atom is -0.493 e. The number of nitrogens with zero attached hydrogens (tertiary/aromatic N) is 3. The average Bonchev–Trinajstić information content (AvgIpc) is 2.77. The van der Waals surface area contributed by atoms with Crippen molar-refractivity contribution in [1.29, 1.82) is 5.26 Å². The van der Waals surface area contributed by atoms with Crippen molar-refractivity contribution in [2.45, 2.75) is 19.3 Å². The Kier molecular flexibility index (Phi) is 5.17. The Labute approximate surface area is 176 Å². The standard InChI is InChI=1S/C21H19N5O5/c1-30-15-7-11-5-6-26-17(24-20(28)14-9-18(27)25-21(29)23-14)4-3-12(10-22)19(26)13(11)8-16(15)31-2/h7-9H,3-6H2,1-2H3,(H2,23,25,27,29). The fourth-order valence-corrected chi connectivity index (χ4v) is 3.90. The number of hydrogen-bond acceptors (Lipinski definition) is 6. The van der Waals surface area contributed by atoms with Crippen molar-refractivity contribution in [3.63, 3.8) is 0 Å². The summed E-state index contributed by atoms with van der Waals surface area (Å²) in [5, 5.41) is 9.71. The molecule has 31 heavy (non-hydrogen) atoms. The number of carbonyl (C=O) groups is 1. The van der Waals surface area contributed by atoms with E-state index in [1.807, 2.05) is 22.0 Å². The number of aromatic amines is 2. The number of amides is 1. The number of carbonyl (C=O) groups excluding carboxylic acids is 1. The van der Waals surface area contributed by atoms with Gasteiger partial charge in [0.1, 0.15) is 11.5 Å². The molecule has 2 aromatic rings. The number of aromatic nitrogens is 2. The van der Waals surface area contributed by atoms with Gasteiger partial charge in [-0.25, -0.2) is 4.79 Å². The zero-order chi connectivity index (χ0) is 22.1. The lowest BCUT2D eigenvalue weighted by Gasteiger charge is -2.38. The number of H-pyrrole nitrogens is 2. The second kappa shape index (κ2) is 7.95. The molecule has 3 heterocycles. The Morgan fingerprint density at radius 2 is 1.84 bits per heavy atom. The van der Waals surface area contributed by atoms with Crippen molar-refractivity contribution in [3.05, 3.63) is 61.4 Å². The smallest absolute Gasteiger partial charge is 0.326 e. The molecule has 10 heteroatoms. The van der Waals surface area contributed by atoms with E-state index in [2.05, 4.69) is 16.0 Å². The van der Waals surface area contributed by atoms with Crippen LogP contribution in [0.1, 0.15) is 34.5 Å². The van der Waals surface area contributed by atoms with E-state index in [4.69, 9.17) is 9.47 Å². The third-order valence-corrected chi connectivity index (χ3v) is 5.29. The van der Waals surface area contributed by atoms with Crippen LogP contribution < -0.4 is 20.7 Å². The number of nitrogens with one attached hydrogen (secondary N) is 2. The summed E-state index contributed by atoms with van der Waals surface area (Å²) in [4.78, 5) is 45.9. The molecule has 1 amide bonds. The molecule has 4 rings (SSSR count). The molecule has 0 atom stereocenters. The van der Waals surface area contributed by atoms with Crippen molar-refractivity contribution in [1.82, 2.24) is 14.9 Å². The lowest BCUT2D eigenvalue weighted by atomic mass is 9.89. The minimum atomic E-state index is -0.778. The van der Waals surface area contributed by atoms with Crippen molar-refractivity contribution in [3.8, 4) is 17.6 Å². The first-order valence-corrected chi connectivity index (χ1v) is 9.56. The Balaban J connectivity index is 1.79. The van der Waals surface area contributed by atoms with Crippen LogP contribution >= 0.6 is 0 Å². The molecule has 0 aliphatic carbocycles. The second-order valence-corrected chi connectivity index (χ2v) is 7.04. The minimum absolute atomic E-state index is 0.193. The van der Waals surface area contributed by atoms with Gasteiger partial charge in [-0.2, -0.15) is 10.3 Å². The summed E-state index contributed by atoms with van der Waals surface area (Å²) in [6.45, 7) is 0.515. The molecule has 0 saturated heterocycles. The Morgan fingerprint density at radius 1 is 1.10 bits per heavy atom. The number of ether oxygens (including phenoxy) is 2. The van der Waals surface area contributed by atoms with Gasteiger partial charge in [0.05, 0.1) is 31.6 Å². The van der Waals surface area contributed by atoms with E-state index in [9.17, 15) is 19.6 Å². The summed E-state index contributed by atoms with van der Waals surface area (Å²) in [5.41, 5.74) is 1.44. The molecule has 158 valence electrons. The fourth-order valence-electron chi connectivity index (χ4n) is 3.90. The molecule has 0 bridgehead atoms. The molecule has 0 unspecified atom stereocenters. The van der Waals surface area contributed by atoms with Gasteiger partial charge in [-0.1, -0.05) is 0 Å². The Hall–Kier alpha value is -4.13. The highest BCUT2D eigenvalue weighted by Gasteiger charge is 2.32. The molecule has 2 aliphatic heterocycles. The molecule has 0 fully saturated rings. The van der Waals surface area contributed by atoms with Gasteiger partial charge in [0.2, 0.25) is 0 Å². The van der Waals surface area contributed by atoms with E-state index in [0.29, 0.717) is 54.4 Å². The monoisotopic (exact) mass is 421 g/mol. The molecular weight excluding hydrogens is 402 g/mol. The topological polar surface area (TPSA) is 141 Å². The highest BCUT2D eigenvalue weighted by Crippen LogP contribution is 2.41. The average molecular weight is 421 g/mol. The molecule has 2 aliphatic rings. The summed E-state index contributed by atoms with van der Waals surface area (Å²) < 4.78 is 10.8. The number of allylic oxidation sites excluding steroid dienone is 1. The molecule has 0 radical (unpaired) electrons. The first-order valence-electron chi connectivity index (χ1n) is 9.56. The van der Waals surface area contributed by atoms with Crippen LogP contribution in [0.3, 0.4) is 0 Å². The van der Waals surface area contributed by atoms with Gasteiger partial charge in [-0.05, 0) is 30.5 Å². The number of hydrogen-bond donors (Lipinski definition) is 2. The van der Waals surface area contributed by atoms with Crippen LogP contribution in [0.5, 0.6) is 11.5 Å². The number of nitriles is 1. The van der Waals surface area contributed by atoms with Gasteiger partial charge in [-0.3, -0.25) is 14.6 Å². The molecule has 10 nitrogen and oxygen atoms in total. The third-order valence-electron chi connectivity index (χ3n) is 5.29. The maximum absolute atomic E-state index is 12.6. The molecule has 1 aromatic carbocycles. The molecule has 1 aromatic heterocycles. The highest BCUT2D eigenvalue weighted by atomic mass is 16.5. The highest BCUT2D eigenvalue weighted by molar-refractivity contribution is 6.06. The SMILES string of the molecule is COc1cc2c(cc1OC)C1=C(C#N)CCC(=NC(=O)c3cc(=O)[nH]c(=O)[nH]3)N1CC2. The summed E-state index contributed by atoms with van der Waals surface area (Å²) >= 11 is 0. The zero-order valence-corrected chi connectivity index (χ0v) is 16.9. The van der Waals surface area contributed by atoms with Crippen LogP contribution in [0.15, 0.2) is 38.4 Å². The van der Waals surface area contributed by atoms with Crippen molar-refractivity contribution in [2.75, 3.05) is 20.8 Å². The second-order valence-electron chi connectivity index (χ2n) is 7.04. The fraction of sp³-hybridized carbons (Fsp3) is 0.286. The quantitative estimate of drug-likeness (QED) is 0.759. The summed E-state index contributed by atoms with van der Waals surface area (Å²) in [7, 11) is 3.11. The van der Waals surface area contributed by atoms with Crippen LogP contribution in [0, 0.1) is 11.3 Å². The van der Waals surface area contributed by atoms with Gasteiger partial charge >= 0.3 is 5.69 Å². The largest absolute Gasteiger partial charge is 0.493 e. The Morgan fingerprint density at radius 3 is 2.52 bits per heavy atom. The van der Waals surface area contributed by atoms with Crippen LogP contribution in [-0.2, 0) is 6.42 Å². The number of methoxy groups -OCH3 is 2. The van der Waals surface area contributed by atoms with Crippen LogP contribution in [-0.4, -0.2) is 47.4 Å². The maximum atomic E-state index is 12.6. The van der Waals surface area contributed by atoms with Gasteiger partial charge in [0, 0.05) is 24.6 Å². The van der Waals surface area contributed by atoms with Gasteiger partial charge in [-0.15, -0.1) is 0 Å². The third kappa shape index (κ3) is 3.61. The van der Waals surface area contributed by atoms with Crippen molar-refractivity contribution >= 4 is 17.4 Å². The first kappa shape index (κ1) is 20.2. The summed E-state index contributed by atoms with van der Waals surface area (Å²) in [6, 6.07) is 6.98. The number of aliphatic imine (C=N–C) groups is 1. The predicted octanol–water partition coefficient (Wildman–Crippen LogP) is 1.21. The molecule has 0 spiro atoms. The maximum Gasteiger partial charge on any atom is 0.326 e. The predicted molar refractivity (Wildman–Crippen MR) is 111 cm³/mol. The molecule has 0 saturated carbocycles. The van der Waals surface area contributed by atoms with E-state index in [-0.39, 0.29) is 5.69 Å². The number of benzene rings is 1.